The average molecular weight is 387 g/mol. The first kappa shape index (κ1) is 19.7. The Hall–Kier alpha value is -3.07. The number of nitrogens with one attached hydrogen (secondary N) is 1. The van der Waals surface area contributed by atoms with Crippen LogP contribution in [0.15, 0.2) is 30.6 Å². The standard InChI is InChI=1S/C19H22FN5O3/c20-18-12(11-28-17(27)8-16(21)22)2-1-3-15(18)13-9-23-19(24-10-13)25-6-4-14(26)5-7-25/h1-3,9-10,14,26H,4-8,11H2,(H3,21,22). The number of carbonyl (C=O) groups is 1. The smallest absolute Gasteiger partial charge is 0.313 e. The second-order valence-electron chi connectivity index (χ2n) is 6.63. The highest BCUT2D eigenvalue weighted by molar-refractivity contribution is 5.94. The lowest BCUT2D eigenvalue weighted by atomic mass is 10.0. The average Bonchev–Trinajstić information content (AvgIpc) is 2.67. The Bertz CT molecular complexity index is 851. The molecule has 1 aromatic heterocycles. The number of piperidine rings is 1. The number of aliphatic hydroxyl groups is 1. The molecular formula is C19H22FN5O3. The van der Waals surface area contributed by atoms with Gasteiger partial charge in [0.25, 0.3) is 0 Å². The number of amidine groups is 1. The van der Waals surface area contributed by atoms with Crippen LogP contribution in [0.4, 0.5) is 10.3 Å². The molecule has 0 amide bonds. The Kier molecular flexibility index (Phi) is 6.15. The van der Waals surface area contributed by atoms with Gasteiger partial charge in [-0.15, -0.1) is 0 Å². The van der Waals surface area contributed by atoms with E-state index in [9.17, 15) is 14.3 Å². The van der Waals surface area contributed by atoms with Crippen LogP contribution < -0.4 is 10.6 Å². The summed E-state index contributed by atoms with van der Waals surface area (Å²) in [6.07, 6.45) is 3.84. The van der Waals surface area contributed by atoms with Gasteiger partial charge in [0.2, 0.25) is 5.95 Å². The van der Waals surface area contributed by atoms with Crippen molar-refractivity contribution in [2.45, 2.75) is 32.0 Å². The largest absolute Gasteiger partial charge is 0.460 e. The van der Waals surface area contributed by atoms with E-state index in [2.05, 4.69) is 9.97 Å². The van der Waals surface area contributed by atoms with Crippen LogP contribution in [-0.2, 0) is 16.1 Å². The monoisotopic (exact) mass is 387 g/mol. The molecule has 0 aliphatic carbocycles. The molecular weight excluding hydrogens is 365 g/mol. The number of hydrogen-bond donors (Lipinski definition) is 3. The van der Waals surface area contributed by atoms with Crippen LogP contribution in [0.5, 0.6) is 0 Å². The minimum absolute atomic E-state index is 0.212. The number of esters is 1. The molecule has 0 radical (unpaired) electrons. The van der Waals surface area contributed by atoms with E-state index in [4.69, 9.17) is 15.9 Å². The molecule has 0 bridgehead atoms. The van der Waals surface area contributed by atoms with Crippen molar-refractivity contribution in [3.63, 3.8) is 0 Å². The summed E-state index contributed by atoms with van der Waals surface area (Å²) >= 11 is 0. The SMILES string of the molecule is N=C(N)CC(=O)OCc1cccc(-c2cnc(N3CCC(O)CC3)nc2)c1F. The zero-order valence-electron chi connectivity index (χ0n) is 15.3. The highest BCUT2D eigenvalue weighted by Gasteiger charge is 2.19. The molecule has 0 saturated carbocycles. The summed E-state index contributed by atoms with van der Waals surface area (Å²) in [5.74, 6) is -0.961. The second kappa shape index (κ2) is 8.75. The van der Waals surface area contributed by atoms with Gasteiger partial charge in [-0.05, 0) is 12.8 Å². The summed E-state index contributed by atoms with van der Waals surface area (Å²) in [7, 11) is 0. The molecule has 1 aliphatic rings. The van der Waals surface area contributed by atoms with Crippen molar-refractivity contribution in [2.24, 2.45) is 5.73 Å². The van der Waals surface area contributed by atoms with Gasteiger partial charge in [-0.1, -0.05) is 18.2 Å². The van der Waals surface area contributed by atoms with Crippen molar-refractivity contribution in [3.05, 3.63) is 42.0 Å². The van der Waals surface area contributed by atoms with Gasteiger partial charge in [-0.2, -0.15) is 0 Å². The van der Waals surface area contributed by atoms with Gasteiger partial charge in [0.15, 0.2) is 0 Å². The van der Waals surface area contributed by atoms with Crippen LogP contribution in [0.25, 0.3) is 11.1 Å². The molecule has 2 heterocycles. The third-order valence-corrected chi connectivity index (χ3v) is 4.50. The molecule has 1 aromatic carbocycles. The predicted molar refractivity (Wildman–Crippen MR) is 101 cm³/mol. The Labute approximate surface area is 161 Å². The van der Waals surface area contributed by atoms with E-state index in [0.29, 0.717) is 43.0 Å². The lowest BCUT2D eigenvalue weighted by Crippen LogP contribution is -2.36. The minimum atomic E-state index is -0.684. The number of anilines is 1. The van der Waals surface area contributed by atoms with Gasteiger partial charge >= 0.3 is 5.97 Å². The summed E-state index contributed by atoms with van der Waals surface area (Å²) in [5.41, 5.74) is 6.17. The van der Waals surface area contributed by atoms with Gasteiger partial charge in [0.05, 0.1) is 6.10 Å². The van der Waals surface area contributed by atoms with Crippen molar-refractivity contribution in [2.75, 3.05) is 18.0 Å². The van der Waals surface area contributed by atoms with Crippen LogP contribution in [0, 0.1) is 11.2 Å². The van der Waals surface area contributed by atoms with Gasteiger partial charge < -0.3 is 20.5 Å². The quantitative estimate of drug-likeness (QED) is 0.391. The lowest BCUT2D eigenvalue weighted by molar-refractivity contribution is -0.143. The number of halogens is 1. The summed E-state index contributed by atoms with van der Waals surface area (Å²) in [6.45, 7) is 1.10. The molecule has 2 aromatic rings. The maximum atomic E-state index is 14.8. The number of ether oxygens (including phenoxy) is 1. The van der Waals surface area contributed by atoms with E-state index in [-0.39, 0.29) is 30.5 Å². The normalized spacial score (nSPS) is 14.7. The fraction of sp³-hybridized carbons (Fsp3) is 0.368. The van der Waals surface area contributed by atoms with Gasteiger partial charge in [-0.25, -0.2) is 14.4 Å². The fourth-order valence-corrected chi connectivity index (χ4v) is 2.97. The molecule has 148 valence electrons. The third kappa shape index (κ3) is 4.80. The number of hydrogen-bond acceptors (Lipinski definition) is 7. The molecule has 0 atom stereocenters. The van der Waals surface area contributed by atoms with E-state index in [1.807, 2.05) is 4.90 Å². The molecule has 0 spiro atoms. The Morgan fingerprint density at radius 1 is 1.32 bits per heavy atom. The fourth-order valence-electron chi connectivity index (χ4n) is 2.97. The first-order valence-electron chi connectivity index (χ1n) is 8.95. The van der Waals surface area contributed by atoms with Crippen LogP contribution in [0.2, 0.25) is 0 Å². The highest BCUT2D eigenvalue weighted by Crippen LogP contribution is 2.26. The van der Waals surface area contributed by atoms with Crippen LogP contribution >= 0.6 is 0 Å². The molecule has 28 heavy (non-hydrogen) atoms. The first-order valence-corrected chi connectivity index (χ1v) is 8.95. The van der Waals surface area contributed by atoms with Gasteiger partial charge in [0.1, 0.15) is 24.7 Å². The Morgan fingerprint density at radius 2 is 2.00 bits per heavy atom. The zero-order chi connectivity index (χ0) is 20.1. The number of aromatic nitrogens is 2. The van der Waals surface area contributed by atoms with Crippen molar-refractivity contribution in [3.8, 4) is 11.1 Å². The summed E-state index contributed by atoms with van der Waals surface area (Å²) in [6, 6.07) is 4.78. The third-order valence-electron chi connectivity index (χ3n) is 4.50. The second-order valence-corrected chi connectivity index (χ2v) is 6.63. The minimum Gasteiger partial charge on any atom is -0.460 e. The van der Waals surface area contributed by atoms with Crippen molar-refractivity contribution in [1.29, 1.82) is 5.41 Å². The van der Waals surface area contributed by atoms with Gasteiger partial charge in [-0.3, -0.25) is 10.2 Å². The Morgan fingerprint density at radius 3 is 2.64 bits per heavy atom. The number of benzene rings is 1. The molecule has 8 nitrogen and oxygen atoms in total. The van der Waals surface area contributed by atoms with Crippen LogP contribution in [0.1, 0.15) is 24.8 Å². The number of nitrogens with zero attached hydrogens (tertiary/aromatic N) is 3. The molecule has 3 rings (SSSR count). The first-order chi connectivity index (χ1) is 13.4. The summed E-state index contributed by atoms with van der Waals surface area (Å²) in [4.78, 5) is 22.1. The van der Waals surface area contributed by atoms with Crippen LogP contribution in [-0.4, -0.2) is 46.1 Å². The topological polar surface area (TPSA) is 125 Å². The van der Waals surface area contributed by atoms with E-state index in [1.54, 1.807) is 24.5 Å². The number of carbonyl (C=O) groups excluding carboxylic acids is 1. The Balaban J connectivity index is 1.71. The number of aliphatic hydroxyl groups excluding tert-OH is 1. The summed E-state index contributed by atoms with van der Waals surface area (Å²) < 4.78 is 19.8. The van der Waals surface area contributed by atoms with Crippen molar-refractivity contribution in [1.82, 2.24) is 9.97 Å². The van der Waals surface area contributed by atoms with E-state index < -0.39 is 11.8 Å². The highest BCUT2D eigenvalue weighted by atomic mass is 19.1. The predicted octanol–water partition coefficient (Wildman–Crippen LogP) is 1.61. The summed E-state index contributed by atoms with van der Waals surface area (Å²) in [5, 5.41) is 16.7. The molecule has 4 N–H and O–H groups in total. The number of nitrogens with two attached hydrogens (primary N) is 1. The number of rotatable bonds is 6. The van der Waals surface area contributed by atoms with Gasteiger partial charge in [0, 0.05) is 42.2 Å². The van der Waals surface area contributed by atoms with Crippen molar-refractivity contribution >= 4 is 17.8 Å². The molecule has 1 fully saturated rings. The van der Waals surface area contributed by atoms with E-state index in [1.165, 1.54) is 6.07 Å². The maximum absolute atomic E-state index is 14.8. The molecule has 0 unspecified atom stereocenters. The molecule has 1 saturated heterocycles. The molecule has 9 heteroatoms. The molecule has 1 aliphatic heterocycles. The van der Waals surface area contributed by atoms with Crippen LogP contribution in [0.3, 0.4) is 0 Å². The maximum Gasteiger partial charge on any atom is 0.313 e. The zero-order valence-corrected chi connectivity index (χ0v) is 15.3. The van der Waals surface area contributed by atoms with E-state index in [0.717, 1.165) is 0 Å². The lowest BCUT2D eigenvalue weighted by Gasteiger charge is -2.29. The van der Waals surface area contributed by atoms with E-state index >= 15 is 0 Å². The van der Waals surface area contributed by atoms with Crippen molar-refractivity contribution < 1.29 is 19.0 Å².